The average Bonchev–Trinajstić information content (AvgIpc) is 2.81. The standard InChI is InChI=1S/C16H27NO2/c1-12(2)17-10-16-14(7-8-18-16)11-19-15-6-4-5-13(3)9-15/h7-8,12-13,15,17H,4-6,9-11H2,1-3H3. The van der Waals surface area contributed by atoms with Crippen LogP contribution in [0.15, 0.2) is 16.7 Å². The van der Waals surface area contributed by atoms with Crippen molar-refractivity contribution >= 4 is 0 Å². The van der Waals surface area contributed by atoms with E-state index in [2.05, 4.69) is 26.1 Å². The van der Waals surface area contributed by atoms with E-state index in [4.69, 9.17) is 9.15 Å². The van der Waals surface area contributed by atoms with Gasteiger partial charge in [-0.15, -0.1) is 0 Å². The molecule has 108 valence electrons. The predicted octanol–water partition coefficient (Wildman–Crippen LogP) is 3.87. The third-order valence-electron chi connectivity index (χ3n) is 3.87. The van der Waals surface area contributed by atoms with E-state index < -0.39 is 0 Å². The van der Waals surface area contributed by atoms with Gasteiger partial charge in [0.2, 0.25) is 0 Å². The zero-order chi connectivity index (χ0) is 13.7. The van der Waals surface area contributed by atoms with Crippen LogP contribution in [0.3, 0.4) is 0 Å². The molecule has 0 bridgehead atoms. The van der Waals surface area contributed by atoms with Gasteiger partial charge in [-0.1, -0.05) is 33.6 Å². The van der Waals surface area contributed by atoms with Gasteiger partial charge in [0.1, 0.15) is 5.76 Å². The molecule has 1 aliphatic carbocycles. The van der Waals surface area contributed by atoms with Gasteiger partial charge in [0.15, 0.2) is 0 Å². The van der Waals surface area contributed by atoms with Gasteiger partial charge in [0, 0.05) is 11.6 Å². The molecule has 1 aromatic heterocycles. The molecule has 1 aliphatic rings. The van der Waals surface area contributed by atoms with E-state index in [1.54, 1.807) is 6.26 Å². The molecule has 2 unspecified atom stereocenters. The average molecular weight is 265 g/mol. The number of furan rings is 1. The molecule has 0 spiro atoms. The molecule has 1 fully saturated rings. The van der Waals surface area contributed by atoms with Crippen LogP contribution in [0.5, 0.6) is 0 Å². The Hall–Kier alpha value is -0.800. The summed E-state index contributed by atoms with van der Waals surface area (Å²) in [6.07, 6.45) is 7.27. The summed E-state index contributed by atoms with van der Waals surface area (Å²) in [5.74, 6) is 1.82. The van der Waals surface area contributed by atoms with Gasteiger partial charge >= 0.3 is 0 Å². The van der Waals surface area contributed by atoms with Gasteiger partial charge in [-0.3, -0.25) is 0 Å². The van der Waals surface area contributed by atoms with Crippen molar-refractivity contribution in [2.45, 2.75) is 71.8 Å². The molecule has 0 amide bonds. The van der Waals surface area contributed by atoms with E-state index in [1.807, 2.05) is 6.07 Å². The summed E-state index contributed by atoms with van der Waals surface area (Å²) in [6, 6.07) is 2.50. The third-order valence-corrected chi connectivity index (χ3v) is 3.87. The van der Waals surface area contributed by atoms with Gasteiger partial charge in [-0.2, -0.15) is 0 Å². The molecule has 1 aromatic rings. The van der Waals surface area contributed by atoms with Crippen molar-refractivity contribution in [3.05, 3.63) is 23.7 Å². The Morgan fingerprint density at radius 2 is 2.26 bits per heavy atom. The smallest absolute Gasteiger partial charge is 0.123 e. The van der Waals surface area contributed by atoms with Crippen LogP contribution in [0.2, 0.25) is 0 Å². The van der Waals surface area contributed by atoms with Crippen molar-refractivity contribution in [2.24, 2.45) is 5.92 Å². The number of nitrogens with one attached hydrogen (secondary N) is 1. The Labute approximate surface area is 116 Å². The van der Waals surface area contributed by atoms with Gasteiger partial charge in [0.25, 0.3) is 0 Å². The van der Waals surface area contributed by atoms with E-state index in [9.17, 15) is 0 Å². The van der Waals surface area contributed by atoms with Crippen LogP contribution in [0.4, 0.5) is 0 Å². The number of hydrogen-bond acceptors (Lipinski definition) is 3. The molecule has 3 nitrogen and oxygen atoms in total. The van der Waals surface area contributed by atoms with Crippen LogP contribution in [0.1, 0.15) is 57.8 Å². The molecule has 1 saturated carbocycles. The molecule has 3 heteroatoms. The van der Waals surface area contributed by atoms with E-state index >= 15 is 0 Å². The van der Waals surface area contributed by atoms with Crippen molar-refractivity contribution in [1.82, 2.24) is 5.32 Å². The maximum absolute atomic E-state index is 6.06. The highest BCUT2D eigenvalue weighted by Gasteiger charge is 2.20. The maximum Gasteiger partial charge on any atom is 0.123 e. The SMILES string of the molecule is CC1CCCC(OCc2ccoc2CNC(C)C)C1. The molecule has 0 aliphatic heterocycles. The number of hydrogen-bond donors (Lipinski definition) is 1. The minimum atomic E-state index is 0.435. The first-order valence-corrected chi connectivity index (χ1v) is 7.55. The fourth-order valence-corrected chi connectivity index (χ4v) is 2.69. The second-order valence-corrected chi connectivity index (χ2v) is 6.11. The predicted molar refractivity (Wildman–Crippen MR) is 76.9 cm³/mol. The lowest BCUT2D eigenvalue weighted by atomic mass is 9.89. The first-order chi connectivity index (χ1) is 9.15. The van der Waals surface area contributed by atoms with Crippen LogP contribution < -0.4 is 5.32 Å². The van der Waals surface area contributed by atoms with Crippen LogP contribution in [-0.2, 0) is 17.9 Å². The summed E-state index contributed by atoms with van der Waals surface area (Å²) in [4.78, 5) is 0. The summed E-state index contributed by atoms with van der Waals surface area (Å²) in [6.45, 7) is 8.07. The Bertz CT molecular complexity index is 373. The largest absolute Gasteiger partial charge is 0.468 e. The van der Waals surface area contributed by atoms with Crippen molar-refractivity contribution in [1.29, 1.82) is 0 Å². The molecular weight excluding hydrogens is 238 g/mol. The molecule has 1 N–H and O–H groups in total. The summed E-state index contributed by atoms with van der Waals surface area (Å²) in [5, 5.41) is 3.38. The fourth-order valence-electron chi connectivity index (χ4n) is 2.69. The lowest BCUT2D eigenvalue weighted by molar-refractivity contribution is 0.00406. The highest BCUT2D eigenvalue weighted by Crippen LogP contribution is 2.26. The van der Waals surface area contributed by atoms with Crippen LogP contribution in [-0.4, -0.2) is 12.1 Å². The Morgan fingerprint density at radius 3 is 3.00 bits per heavy atom. The lowest BCUT2D eigenvalue weighted by Crippen LogP contribution is -2.23. The monoisotopic (exact) mass is 265 g/mol. The Morgan fingerprint density at radius 1 is 1.42 bits per heavy atom. The molecular formula is C16H27NO2. The van der Waals surface area contributed by atoms with E-state index in [-0.39, 0.29) is 0 Å². The van der Waals surface area contributed by atoms with Crippen molar-refractivity contribution in [2.75, 3.05) is 0 Å². The van der Waals surface area contributed by atoms with Crippen molar-refractivity contribution < 1.29 is 9.15 Å². The molecule has 19 heavy (non-hydrogen) atoms. The zero-order valence-corrected chi connectivity index (χ0v) is 12.4. The highest BCUT2D eigenvalue weighted by molar-refractivity contribution is 5.15. The second kappa shape index (κ2) is 7.11. The minimum Gasteiger partial charge on any atom is -0.468 e. The normalized spacial score (nSPS) is 24.0. The van der Waals surface area contributed by atoms with E-state index in [0.29, 0.717) is 18.8 Å². The molecule has 2 atom stereocenters. The zero-order valence-electron chi connectivity index (χ0n) is 12.4. The highest BCUT2D eigenvalue weighted by atomic mass is 16.5. The molecule has 0 saturated heterocycles. The quantitative estimate of drug-likeness (QED) is 0.847. The molecule has 0 radical (unpaired) electrons. The van der Waals surface area contributed by atoms with E-state index in [1.165, 1.54) is 31.2 Å². The Balaban J connectivity index is 1.80. The first kappa shape index (κ1) is 14.6. The lowest BCUT2D eigenvalue weighted by Gasteiger charge is -2.26. The molecule has 2 rings (SSSR count). The molecule has 1 heterocycles. The van der Waals surface area contributed by atoms with Crippen molar-refractivity contribution in [3.8, 4) is 0 Å². The van der Waals surface area contributed by atoms with Gasteiger partial charge in [-0.25, -0.2) is 0 Å². The van der Waals surface area contributed by atoms with Crippen LogP contribution in [0.25, 0.3) is 0 Å². The summed E-state index contributed by atoms with van der Waals surface area (Å²) >= 11 is 0. The molecule has 0 aromatic carbocycles. The van der Waals surface area contributed by atoms with Gasteiger partial charge in [0.05, 0.1) is 25.5 Å². The fraction of sp³-hybridized carbons (Fsp3) is 0.750. The first-order valence-electron chi connectivity index (χ1n) is 7.55. The topological polar surface area (TPSA) is 34.4 Å². The van der Waals surface area contributed by atoms with Crippen LogP contribution in [0, 0.1) is 5.92 Å². The van der Waals surface area contributed by atoms with Gasteiger partial charge in [-0.05, 0) is 24.8 Å². The summed E-state index contributed by atoms with van der Waals surface area (Å²) in [7, 11) is 0. The van der Waals surface area contributed by atoms with Crippen LogP contribution >= 0.6 is 0 Å². The second-order valence-electron chi connectivity index (χ2n) is 6.11. The van der Waals surface area contributed by atoms with E-state index in [0.717, 1.165) is 18.2 Å². The third kappa shape index (κ3) is 4.66. The minimum absolute atomic E-state index is 0.435. The number of ether oxygens (including phenoxy) is 1. The maximum atomic E-state index is 6.06. The number of rotatable bonds is 6. The summed E-state index contributed by atoms with van der Waals surface area (Å²) in [5.41, 5.74) is 1.19. The van der Waals surface area contributed by atoms with Gasteiger partial charge < -0.3 is 14.5 Å². The Kier molecular flexibility index (Phi) is 5.46. The summed E-state index contributed by atoms with van der Waals surface area (Å²) < 4.78 is 11.6. The van der Waals surface area contributed by atoms with Crippen molar-refractivity contribution in [3.63, 3.8) is 0 Å².